The van der Waals surface area contributed by atoms with Crippen LogP contribution in [0.3, 0.4) is 0 Å². The molecule has 4 rings (SSSR count). The summed E-state index contributed by atoms with van der Waals surface area (Å²) in [7, 11) is 0. The molecule has 0 spiro atoms. The van der Waals surface area contributed by atoms with Gasteiger partial charge in [0, 0.05) is 44.6 Å². The molecule has 3 fully saturated rings. The average molecular weight is 357 g/mol. The summed E-state index contributed by atoms with van der Waals surface area (Å²) in [6, 6.07) is 6.66. The van der Waals surface area contributed by atoms with Crippen LogP contribution in [-0.4, -0.2) is 52.6 Å². The van der Waals surface area contributed by atoms with Gasteiger partial charge in [-0.25, -0.2) is 0 Å². The molecule has 1 aromatic rings. The largest absolute Gasteiger partial charge is 0.389 e. The van der Waals surface area contributed by atoms with E-state index in [2.05, 4.69) is 36.9 Å². The molecule has 1 aromatic carbocycles. The maximum Gasteiger partial charge on any atom is 0.225 e. The average Bonchev–Trinajstić information content (AvgIpc) is 2.55. The number of carbonyl (C=O) groups excluding carboxylic acids is 1. The zero-order valence-electron chi connectivity index (χ0n) is 16.2. The van der Waals surface area contributed by atoms with Crippen molar-refractivity contribution in [2.24, 2.45) is 11.8 Å². The Balaban J connectivity index is 1.42. The molecule has 1 aliphatic carbocycles. The quantitative estimate of drug-likeness (QED) is 0.906. The fourth-order valence-corrected chi connectivity index (χ4v) is 4.89. The first-order chi connectivity index (χ1) is 12.4. The molecule has 26 heavy (non-hydrogen) atoms. The predicted octanol–water partition coefficient (Wildman–Crippen LogP) is 2.89. The normalized spacial score (nSPS) is 30.0. The lowest BCUT2D eigenvalue weighted by Gasteiger charge is -2.51. The molecule has 142 valence electrons. The molecule has 0 unspecified atom stereocenters. The number of fused-ring (bicyclic) bond motifs is 1. The molecule has 0 radical (unpaired) electrons. The number of piperidine rings is 2. The Morgan fingerprint density at radius 1 is 1.19 bits per heavy atom. The molecule has 3 aliphatic rings. The fourth-order valence-electron chi connectivity index (χ4n) is 4.89. The minimum atomic E-state index is -0.574. The maximum atomic E-state index is 12.6. The minimum Gasteiger partial charge on any atom is -0.389 e. The van der Waals surface area contributed by atoms with E-state index in [0.29, 0.717) is 5.91 Å². The molecule has 2 aliphatic heterocycles. The molecular weight excluding hydrogens is 324 g/mol. The van der Waals surface area contributed by atoms with Gasteiger partial charge in [-0.1, -0.05) is 30.2 Å². The summed E-state index contributed by atoms with van der Waals surface area (Å²) < 4.78 is 0. The van der Waals surface area contributed by atoms with E-state index in [1.165, 1.54) is 23.1 Å². The highest BCUT2D eigenvalue weighted by molar-refractivity contribution is 5.79. The number of carbonyl (C=O) groups is 1. The van der Waals surface area contributed by atoms with Gasteiger partial charge >= 0.3 is 0 Å². The second-order valence-electron chi connectivity index (χ2n) is 8.88. The molecule has 2 atom stereocenters. The number of nitrogens with zero attached hydrogens (tertiary/aromatic N) is 2. The Labute approximate surface area is 157 Å². The Morgan fingerprint density at radius 2 is 1.96 bits per heavy atom. The van der Waals surface area contributed by atoms with Crippen LogP contribution in [-0.2, 0) is 11.3 Å². The Hall–Kier alpha value is -1.39. The lowest BCUT2D eigenvalue weighted by molar-refractivity contribution is -0.153. The van der Waals surface area contributed by atoms with E-state index in [1.54, 1.807) is 0 Å². The van der Waals surface area contributed by atoms with E-state index < -0.39 is 5.60 Å². The summed E-state index contributed by atoms with van der Waals surface area (Å²) in [6.07, 6.45) is 4.88. The van der Waals surface area contributed by atoms with Crippen LogP contribution in [0.5, 0.6) is 0 Å². The summed E-state index contributed by atoms with van der Waals surface area (Å²) in [5.41, 5.74) is 3.45. The van der Waals surface area contributed by atoms with E-state index >= 15 is 0 Å². The molecule has 1 saturated carbocycles. The van der Waals surface area contributed by atoms with Crippen LogP contribution in [0.15, 0.2) is 18.2 Å². The zero-order valence-corrected chi connectivity index (χ0v) is 16.2. The molecule has 2 saturated heterocycles. The maximum absolute atomic E-state index is 12.6. The van der Waals surface area contributed by atoms with E-state index in [-0.39, 0.29) is 11.8 Å². The lowest BCUT2D eigenvalue weighted by atomic mass is 9.74. The summed E-state index contributed by atoms with van der Waals surface area (Å²) in [4.78, 5) is 17.2. The summed E-state index contributed by atoms with van der Waals surface area (Å²) in [6.45, 7) is 8.55. The lowest BCUT2D eigenvalue weighted by Crippen LogP contribution is -2.61. The van der Waals surface area contributed by atoms with Crippen molar-refractivity contribution < 1.29 is 9.90 Å². The number of aryl methyl sites for hydroxylation is 2. The standard InChI is InChI=1S/C22H32N2O2/c1-16-6-7-19(17(2)12-16)13-23-10-8-22(26)9-11-24(15-20(22)14-23)21(25)18-4-3-5-18/h6-7,12,18,20,26H,3-5,8-11,13-15H2,1-2H3/t20-,22-/m1/s1. The minimum absolute atomic E-state index is 0.180. The number of benzene rings is 1. The zero-order chi connectivity index (χ0) is 18.3. The predicted molar refractivity (Wildman–Crippen MR) is 103 cm³/mol. The van der Waals surface area contributed by atoms with Crippen LogP contribution < -0.4 is 0 Å². The Morgan fingerprint density at radius 3 is 2.65 bits per heavy atom. The number of aliphatic hydroxyl groups is 1. The van der Waals surface area contributed by atoms with Crippen molar-refractivity contribution in [3.63, 3.8) is 0 Å². The van der Waals surface area contributed by atoms with E-state index in [0.717, 1.165) is 58.4 Å². The van der Waals surface area contributed by atoms with Crippen LogP contribution in [0.25, 0.3) is 0 Å². The van der Waals surface area contributed by atoms with Crippen LogP contribution in [0, 0.1) is 25.7 Å². The number of hydrogen-bond acceptors (Lipinski definition) is 3. The molecule has 2 heterocycles. The van der Waals surface area contributed by atoms with Crippen LogP contribution >= 0.6 is 0 Å². The molecule has 4 nitrogen and oxygen atoms in total. The van der Waals surface area contributed by atoms with Gasteiger partial charge in [-0.2, -0.15) is 0 Å². The van der Waals surface area contributed by atoms with Crippen molar-refractivity contribution in [2.45, 2.75) is 58.1 Å². The molecule has 1 N–H and O–H groups in total. The van der Waals surface area contributed by atoms with Crippen molar-refractivity contribution in [2.75, 3.05) is 26.2 Å². The van der Waals surface area contributed by atoms with E-state index in [4.69, 9.17) is 0 Å². The van der Waals surface area contributed by atoms with Gasteiger partial charge in [0.2, 0.25) is 5.91 Å². The third-order valence-electron chi connectivity index (χ3n) is 7.01. The highest BCUT2D eigenvalue weighted by atomic mass is 16.3. The second kappa shape index (κ2) is 6.97. The molecule has 0 aromatic heterocycles. The van der Waals surface area contributed by atoms with Crippen molar-refractivity contribution in [1.82, 2.24) is 9.80 Å². The number of amides is 1. The van der Waals surface area contributed by atoms with Gasteiger partial charge in [-0.15, -0.1) is 0 Å². The highest BCUT2D eigenvalue weighted by Gasteiger charge is 2.46. The van der Waals surface area contributed by atoms with Crippen LogP contribution in [0.4, 0.5) is 0 Å². The van der Waals surface area contributed by atoms with Crippen LogP contribution in [0.1, 0.15) is 48.8 Å². The summed E-state index contributed by atoms with van der Waals surface area (Å²) >= 11 is 0. The molecule has 0 bridgehead atoms. The van der Waals surface area contributed by atoms with Gasteiger partial charge in [0.05, 0.1) is 5.60 Å². The molecule has 4 heteroatoms. The number of hydrogen-bond donors (Lipinski definition) is 1. The van der Waals surface area contributed by atoms with Gasteiger partial charge in [0.25, 0.3) is 0 Å². The fraction of sp³-hybridized carbons (Fsp3) is 0.682. The summed E-state index contributed by atoms with van der Waals surface area (Å²) in [5, 5.41) is 11.1. The van der Waals surface area contributed by atoms with Gasteiger partial charge < -0.3 is 10.0 Å². The Kier molecular flexibility index (Phi) is 4.83. The van der Waals surface area contributed by atoms with E-state index in [9.17, 15) is 9.90 Å². The van der Waals surface area contributed by atoms with Crippen molar-refractivity contribution in [3.8, 4) is 0 Å². The SMILES string of the molecule is Cc1ccc(CN2CC[C@@]3(O)CCN(C(=O)C4CCC4)C[C@H]3C2)c(C)c1. The topological polar surface area (TPSA) is 43.8 Å². The van der Waals surface area contributed by atoms with E-state index in [1.807, 2.05) is 4.90 Å². The number of rotatable bonds is 3. The number of likely N-dealkylation sites (tertiary alicyclic amines) is 2. The summed E-state index contributed by atoms with van der Waals surface area (Å²) in [5.74, 6) is 0.778. The third kappa shape index (κ3) is 3.41. The van der Waals surface area contributed by atoms with Gasteiger partial charge in [-0.3, -0.25) is 9.69 Å². The third-order valence-corrected chi connectivity index (χ3v) is 7.01. The van der Waals surface area contributed by atoms with Crippen molar-refractivity contribution >= 4 is 5.91 Å². The van der Waals surface area contributed by atoms with Gasteiger partial charge in [0.1, 0.15) is 0 Å². The Bertz CT molecular complexity index is 685. The van der Waals surface area contributed by atoms with Crippen LogP contribution in [0.2, 0.25) is 0 Å². The molecule has 1 amide bonds. The van der Waals surface area contributed by atoms with Crippen molar-refractivity contribution in [1.29, 1.82) is 0 Å². The first-order valence-corrected chi connectivity index (χ1v) is 10.2. The highest BCUT2D eigenvalue weighted by Crippen LogP contribution is 2.38. The van der Waals surface area contributed by atoms with Gasteiger partial charge in [-0.05, 0) is 50.7 Å². The van der Waals surface area contributed by atoms with Crippen molar-refractivity contribution in [3.05, 3.63) is 34.9 Å². The smallest absolute Gasteiger partial charge is 0.225 e. The second-order valence-corrected chi connectivity index (χ2v) is 8.88. The van der Waals surface area contributed by atoms with Gasteiger partial charge in [0.15, 0.2) is 0 Å². The first-order valence-electron chi connectivity index (χ1n) is 10.2. The first kappa shape index (κ1) is 18.0. The monoisotopic (exact) mass is 356 g/mol. The molecular formula is C22H32N2O2.